The number of pyridine rings is 1. The van der Waals surface area contributed by atoms with Gasteiger partial charge in [0, 0.05) is 30.1 Å². The Morgan fingerprint density at radius 2 is 1.87 bits per heavy atom. The van der Waals surface area contributed by atoms with Crippen LogP contribution < -0.4 is 0 Å². The van der Waals surface area contributed by atoms with Gasteiger partial charge >= 0.3 is 0 Å². The number of hydrogen-bond donors (Lipinski definition) is 1. The minimum absolute atomic E-state index is 0.0497. The Labute approximate surface area is 225 Å². The summed E-state index contributed by atoms with van der Waals surface area (Å²) in [5.74, 6) is 3.00. The third-order valence-electron chi connectivity index (χ3n) is 10.8. The molecule has 2 aromatic rings. The molecule has 4 nitrogen and oxygen atoms in total. The van der Waals surface area contributed by atoms with E-state index in [0.717, 1.165) is 56.2 Å². The van der Waals surface area contributed by atoms with Gasteiger partial charge in [-0.3, -0.25) is 9.78 Å². The smallest absolute Gasteiger partial charge is 0.139 e. The summed E-state index contributed by atoms with van der Waals surface area (Å²) in [4.78, 5) is 18.0. The molecule has 3 unspecified atom stereocenters. The van der Waals surface area contributed by atoms with E-state index in [2.05, 4.69) is 60.4 Å². The number of fused-ring (bicyclic) bond motifs is 4. The first-order valence-electron chi connectivity index (χ1n) is 14.7. The summed E-state index contributed by atoms with van der Waals surface area (Å²) >= 11 is 0. The van der Waals surface area contributed by atoms with Crippen LogP contribution in [0, 0.1) is 35.0 Å². The lowest BCUT2D eigenvalue weighted by molar-refractivity contribution is -0.130. The second-order valence-electron chi connectivity index (χ2n) is 12.9. The molecule has 0 spiro atoms. The zero-order chi connectivity index (χ0) is 26.0. The number of oxime groups is 1. The van der Waals surface area contributed by atoms with Crippen LogP contribution in [0.25, 0.3) is 11.1 Å². The molecule has 7 rings (SSSR count). The number of hydrogen-bond acceptors (Lipinski definition) is 4. The van der Waals surface area contributed by atoms with Gasteiger partial charge in [-0.15, -0.1) is 0 Å². The first-order valence-corrected chi connectivity index (χ1v) is 14.7. The Bertz CT molecular complexity index is 1350. The highest BCUT2D eigenvalue weighted by Crippen LogP contribution is 2.67. The molecule has 3 saturated carbocycles. The van der Waals surface area contributed by atoms with Crippen LogP contribution in [0.15, 0.2) is 76.7 Å². The minimum Gasteiger partial charge on any atom is -0.411 e. The number of carbonyl (C=O) groups excluding carboxylic acids is 1. The Balaban J connectivity index is 1.34. The third kappa shape index (κ3) is 3.74. The highest BCUT2D eigenvalue weighted by atomic mass is 16.4. The van der Waals surface area contributed by atoms with Crippen molar-refractivity contribution in [3.05, 3.63) is 77.2 Å². The number of allylic oxidation sites excluding steroid dienone is 4. The van der Waals surface area contributed by atoms with Crippen molar-refractivity contribution >= 4 is 11.5 Å². The maximum Gasteiger partial charge on any atom is 0.139 e. The van der Waals surface area contributed by atoms with E-state index in [9.17, 15) is 10.0 Å². The Morgan fingerprint density at radius 3 is 2.58 bits per heavy atom. The maximum absolute atomic E-state index is 13.7. The molecule has 196 valence electrons. The molecule has 0 amide bonds. The normalized spacial score (nSPS) is 35.4. The van der Waals surface area contributed by atoms with Crippen molar-refractivity contribution in [2.24, 2.45) is 40.2 Å². The number of nitrogens with zero attached hydrogens (tertiary/aromatic N) is 2. The van der Waals surface area contributed by atoms with Gasteiger partial charge < -0.3 is 5.21 Å². The van der Waals surface area contributed by atoms with E-state index in [0.29, 0.717) is 35.4 Å². The summed E-state index contributed by atoms with van der Waals surface area (Å²) < 4.78 is 0. The number of Topliss-reactive ketones (excluding diaryl/α,β-unsaturated/α-hetero) is 1. The van der Waals surface area contributed by atoms with Gasteiger partial charge in [0.1, 0.15) is 5.78 Å². The molecule has 0 saturated heterocycles. The zero-order valence-electron chi connectivity index (χ0n) is 22.6. The maximum atomic E-state index is 13.7. The van der Waals surface area contributed by atoms with E-state index in [1.165, 1.54) is 28.7 Å². The fraction of sp³-hybridized carbons (Fsp3) is 0.500. The number of carbonyl (C=O) groups is 1. The molecule has 1 aromatic heterocycles. The summed E-state index contributed by atoms with van der Waals surface area (Å²) in [6, 6.07) is 13.3. The Hall–Kier alpha value is -3.01. The lowest BCUT2D eigenvalue weighted by atomic mass is 9.51. The van der Waals surface area contributed by atoms with Gasteiger partial charge in [-0.2, -0.15) is 0 Å². The number of rotatable bonds is 4. The summed E-state index contributed by atoms with van der Waals surface area (Å²) in [5.41, 5.74) is 9.12. The minimum atomic E-state index is 0.0497. The Kier molecular flexibility index (Phi) is 5.72. The molecule has 3 fully saturated rings. The largest absolute Gasteiger partial charge is 0.411 e. The topological polar surface area (TPSA) is 62.6 Å². The lowest BCUT2D eigenvalue weighted by Gasteiger charge is -2.52. The Morgan fingerprint density at radius 1 is 1.05 bits per heavy atom. The van der Waals surface area contributed by atoms with Crippen LogP contribution >= 0.6 is 0 Å². The van der Waals surface area contributed by atoms with E-state index >= 15 is 0 Å². The first-order chi connectivity index (χ1) is 18.5. The van der Waals surface area contributed by atoms with Gasteiger partial charge in [0.25, 0.3) is 0 Å². The fourth-order valence-corrected chi connectivity index (χ4v) is 9.09. The predicted molar refractivity (Wildman–Crippen MR) is 150 cm³/mol. The van der Waals surface area contributed by atoms with E-state index in [4.69, 9.17) is 0 Å². The van der Waals surface area contributed by atoms with Crippen LogP contribution in [0.2, 0.25) is 0 Å². The molecule has 0 radical (unpaired) electrons. The summed E-state index contributed by atoms with van der Waals surface area (Å²) in [5, 5.41) is 13.0. The van der Waals surface area contributed by atoms with Crippen LogP contribution in [0.5, 0.6) is 0 Å². The quantitative estimate of drug-likeness (QED) is 0.341. The van der Waals surface area contributed by atoms with Crippen LogP contribution in [0.1, 0.15) is 76.7 Å². The first kappa shape index (κ1) is 24.1. The van der Waals surface area contributed by atoms with Crippen molar-refractivity contribution in [1.82, 2.24) is 4.98 Å². The molecular formula is C34H38N2O2. The van der Waals surface area contributed by atoms with Crippen LogP contribution in [-0.2, 0) is 4.79 Å². The second-order valence-corrected chi connectivity index (χ2v) is 12.9. The van der Waals surface area contributed by atoms with Crippen molar-refractivity contribution in [3.63, 3.8) is 0 Å². The van der Waals surface area contributed by atoms with Crippen molar-refractivity contribution < 1.29 is 10.0 Å². The standard InChI is InChI=1S/C34H38N2O2/c1-20-16-30-28-13-11-24-17-26(36-38)12-14-27(24)31(28)29(18-34(30,2)32(20)33(37)23-9-10-23)22-7-5-21(6-8-22)25-4-3-15-35-19-25/h3-8,15,17,19-20,23,28-30,32,38H,9-14,16,18H2,1-2H3/b36-26-/t20?,28-,29?,30-,32?,34-/m0/s1. The summed E-state index contributed by atoms with van der Waals surface area (Å²) in [7, 11) is 0. The van der Waals surface area contributed by atoms with Crippen molar-refractivity contribution in [2.45, 2.75) is 71.1 Å². The molecule has 5 aliphatic rings. The molecule has 1 aromatic carbocycles. The molecule has 0 aliphatic heterocycles. The van der Waals surface area contributed by atoms with Crippen molar-refractivity contribution in [1.29, 1.82) is 0 Å². The molecule has 4 heteroatoms. The van der Waals surface area contributed by atoms with E-state index in [1.807, 2.05) is 18.5 Å². The summed E-state index contributed by atoms with van der Waals surface area (Å²) in [6.45, 7) is 4.84. The highest BCUT2D eigenvalue weighted by molar-refractivity contribution is 5.97. The molecular weight excluding hydrogens is 468 g/mol. The van der Waals surface area contributed by atoms with Crippen molar-refractivity contribution in [2.75, 3.05) is 0 Å². The van der Waals surface area contributed by atoms with Gasteiger partial charge in [0.2, 0.25) is 0 Å². The molecule has 6 atom stereocenters. The third-order valence-corrected chi connectivity index (χ3v) is 10.8. The number of aromatic nitrogens is 1. The average molecular weight is 507 g/mol. The number of ketones is 1. The molecule has 1 heterocycles. The molecule has 0 bridgehead atoms. The van der Waals surface area contributed by atoms with E-state index < -0.39 is 0 Å². The second kappa shape index (κ2) is 9.03. The van der Waals surface area contributed by atoms with Gasteiger partial charge in [0.15, 0.2) is 0 Å². The average Bonchev–Trinajstić information content (AvgIpc) is 3.76. The zero-order valence-corrected chi connectivity index (χ0v) is 22.6. The monoisotopic (exact) mass is 506 g/mol. The van der Waals surface area contributed by atoms with Gasteiger partial charge in [-0.1, -0.05) is 54.9 Å². The van der Waals surface area contributed by atoms with Crippen molar-refractivity contribution in [3.8, 4) is 11.1 Å². The van der Waals surface area contributed by atoms with Crippen LogP contribution in [0.4, 0.5) is 0 Å². The fourth-order valence-electron chi connectivity index (χ4n) is 9.09. The molecule has 38 heavy (non-hydrogen) atoms. The van der Waals surface area contributed by atoms with Gasteiger partial charge in [-0.25, -0.2) is 0 Å². The summed E-state index contributed by atoms with van der Waals surface area (Å²) in [6.07, 6.45) is 14.3. The van der Waals surface area contributed by atoms with E-state index in [-0.39, 0.29) is 11.3 Å². The lowest BCUT2D eigenvalue weighted by Crippen LogP contribution is -2.45. The highest BCUT2D eigenvalue weighted by Gasteiger charge is 2.61. The van der Waals surface area contributed by atoms with Crippen LogP contribution in [-0.4, -0.2) is 21.7 Å². The molecule has 5 aliphatic carbocycles. The number of benzene rings is 1. The van der Waals surface area contributed by atoms with Gasteiger partial charge in [0.05, 0.1) is 5.71 Å². The predicted octanol–water partition coefficient (Wildman–Crippen LogP) is 7.75. The van der Waals surface area contributed by atoms with Gasteiger partial charge in [-0.05, 0) is 115 Å². The SMILES string of the molecule is CC1C[C@H]2[C@@H]3CCC4=C/C(=N\O)CCC4=C3C(c3ccc(-c4cccnc4)cc3)C[C@]2(C)C1C(=O)C1CC1. The van der Waals surface area contributed by atoms with Crippen LogP contribution in [0.3, 0.4) is 0 Å². The van der Waals surface area contributed by atoms with E-state index in [1.54, 1.807) is 5.57 Å². The molecule has 1 N–H and O–H groups in total.